The number of carbonyl (C=O) groups excluding carboxylic acids is 2. The highest BCUT2D eigenvalue weighted by Gasteiger charge is 2.22. The molecule has 0 aliphatic rings. The van der Waals surface area contributed by atoms with Gasteiger partial charge in [0.15, 0.2) is 0 Å². The topological polar surface area (TPSA) is 71.2 Å². The van der Waals surface area contributed by atoms with E-state index in [-0.39, 0.29) is 5.91 Å². The van der Waals surface area contributed by atoms with E-state index in [2.05, 4.69) is 10.3 Å². The summed E-state index contributed by atoms with van der Waals surface area (Å²) in [4.78, 5) is 28.2. The number of rotatable bonds is 4. The number of hydrogen-bond donors (Lipinski definition) is 2. The van der Waals surface area contributed by atoms with Gasteiger partial charge in [0.05, 0.1) is 18.4 Å². The number of hydrogen-bond acceptors (Lipinski definition) is 4. The Morgan fingerprint density at radius 2 is 1.91 bits per heavy atom. The summed E-state index contributed by atoms with van der Waals surface area (Å²) in [6, 6.07) is 7.56. The van der Waals surface area contributed by atoms with Crippen LogP contribution in [-0.4, -0.2) is 30.2 Å². The van der Waals surface area contributed by atoms with E-state index < -0.39 is 5.97 Å². The Morgan fingerprint density at radius 3 is 2.55 bits per heavy atom. The van der Waals surface area contributed by atoms with Crippen LogP contribution in [0.1, 0.15) is 32.1 Å². The predicted octanol–water partition coefficient (Wildman–Crippen LogP) is 3.39. The van der Waals surface area contributed by atoms with Crippen molar-refractivity contribution in [1.82, 2.24) is 4.98 Å². The number of methoxy groups -OCH3 is 1. The molecule has 0 spiro atoms. The van der Waals surface area contributed by atoms with Crippen LogP contribution in [0, 0.1) is 13.8 Å². The highest BCUT2D eigenvalue weighted by Crippen LogP contribution is 2.26. The highest BCUT2D eigenvalue weighted by atomic mass is 32.2. The Bertz CT molecular complexity index is 722. The largest absolute Gasteiger partial charge is 0.465 e. The molecule has 22 heavy (non-hydrogen) atoms. The molecule has 1 aromatic carbocycles. The van der Waals surface area contributed by atoms with Crippen LogP contribution in [0.2, 0.25) is 0 Å². The second-order valence-corrected chi connectivity index (χ2v) is 5.62. The Balaban J connectivity index is 2.33. The van der Waals surface area contributed by atoms with Gasteiger partial charge in [0.2, 0.25) is 0 Å². The fourth-order valence-electron chi connectivity index (χ4n) is 2.32. The number of carbonyl (C=O) groups is 2. The first-order chi connectivity index (χ1) is 10.5. The van der Waals surface area contributed by atoms with Gasteiger partial charge in [-0.1, -0.05) is 12.1 Å². The molecule has 5 nitrogen and oxygen atoms in total. The molecule has 0 aliphatic heterocycles. The normalized spacial score (nSPS) is 10.4. The molecule has 1 aromatic heterocycles. The second kappa shape index (κ2) is 6.70. The summed E-state index contributed by atoms with van der Waals surface area (Å²) in [5.41, 5.74) is 2.72. The predicted molar refractivity (Wildman–Crippen MR) is 87.8 cm³/mol. The standard InChI is InChI=1S/C16H18N2O3S/c1-9-13(16(20)21-3)10(2)17-14(9)15(19)18-11-7-5-6-8-12(11)22-4/h5-8,17H,1-4H3,(H,18,19). The maximum atomic E-state index is 12.5. The molecule has 1 heterocycles. The number of para-hydroxylation sites is 1. The zero-order valence-corrected chi connectivity index (χ0v) is 13.8. The van der Waals surface area contributed by atoms with Gasteiger partial charge in [-0.05, 0) is 37.8 Å². The van der Waals surface area contributed by atoms with Gasteiger partial charge in [-0.15, -0.1) is 11.8 Å². The number of ether oxygens (including phenoxy) is 1. The first kappa shape index (κ1) is 16.2. The van der Waals surface area contributed by atoms with Crippen LogP contribution in [0.3, 0.4) is 0 Å². The van der Waals surface area contributed by atoms with Crippen LogP contribution in [-0.2, 0) is 4.74 Å². The minimum absolute atomic E-state index is 0.280. The first-order valence-electron chi connectivity index (χ1n) is 6.71. The van der Waals surface area contributed by atoms with Crippen molar-refractivity contribution in [3.63, 3.8) is 0 Å². The zero-order chi connectivity index (χ0) is 16.3. The van der Waals surface area contributed by atoms with Crippen molar-refractivity contribution in [2.24, 2.45) is 0 Å². The minimum atomic E-state index is -0.449. The number of nitrogens with one attached hydrogen (secondary N) is 2. The van der Waals surface area contributed by atoms with E-state index in [0.29, 0.717) is 22.5 Å². The molecule has 6 heteroatoms. The summed E-state index contributed by atoms with van der Waals surface area (Å²) in [7, 11) is 1.32. The minimum Gasteiger partial charge on any atom is -0.465 e. The lowest BCUT2D eigenvalue weighted by Gasteiger charge is -2.09. The van der Waals surface area contributed by atoms with Crippen molar-refractivity contribution in [1.29, 1.82) is 0 Å². The molecule has 116 valence electrons. The number of aromatic amines is 1. The molecule has 2 rings (SSSR count). The van der Waals surface area contributed by atoms with E-state index in [4.69, 9.17) is 4.74 Å². The van der Waals surface area contributed by atoms with E-state index in [1.54, 1.807) is 25.6 Å². The SMILES string of the molecule is COC(=O)c1c(C)[nH]c(C(=O)Nc2ccccc2SC)c1C. The molecule has 0 atom stereocenters. The monoisotopic (exact) mass is 318 g/mol. The molecule has 0 saturated heterocycles. The highest BCUT2D eigenvalue weighted by molar-refractivity contribution is 7.98. The van der Waals surface area contributed by atoms with E-state index in [1.807, 2.05) is 30.5 Å². The molecule has 2 N–H and O–H groups in total. The lowest BCUT2D eigenvalue weighted by atomic mass is 10.1. The Hall–Kier alpha value is -2.21. The number of amides is 1. The Morgan fingerprint density at radius 1 is 1.23 bits per heavy atom. The summed E-state index contributed by atoms with van der Waals surface area (Å²) in [6.07, 6.45) is 1.95. The van der Waals surface area contributed by atoms with Crippen molar-refractivity contribution < 1.29 is 14.3 Å². The van der Waals surface area contributed by atoms with Gasteiger partial charge in [-0.3, -0.25) is 4.79 Å². The summed E-state index contributed by atoms with van der Waals surface area (Å²) in [5, 5.41) is 2.87. The summed E-state index contributed by atoms with van der Waals surface area (Å²) >= 11 is 1.55. The number of aromatic nitrogens is 1. The summed E-state index contributed by atoms with van der Waals surface area (Å²) in [5.74, 6) is -0.730. The van der Waals surface area contributed by atoms with Crippen LogP contribution in [0.15, 0.2) is 29.2 Å². The maximum absolute atomic E-state index is 12.5. The third-order valence-electron chi connectivity index (χ3n) is 3.41. The van der Waals surface area contributed by atoms with Crippen molar-refractivity contribution in [3.05, 3.63) is 46.8 Å². The Labute approximate surface area is 133 Å². The fraction of sp³-hybridized carbons (Fsp3) is 0.250. The van der Waals surface area contributed by atoms with Crippen LogP contribution in [0.4, 0.5) is 5.69 Å². The summed E-state index contributed by atoms with van der Waals surface area (Å²) in [6.45, 7) is 3.47. The van der Waals surface area contributed by atoms with Gasteiger partial charge in [0.25, 0.3) is 5.91 Å². The quantitative estimate of drug-likeness (QED) is 0.669. The lowest BCUT2D eigenvalue weighted by Crippen LogP contribution is -2.14. The molecule has 0 aliphatic carbocycles. The average molecular weight is 318 g/mol. The third kappa shape index (κ3) is 3.01. The van der Waals surface area contributed by atoms with Gasteiger partial charge in [0, 0.05) is 10.6 Å². The Kier molecular flexibility index (Phi) is 4.92. The van der Waals surface area contributed by atoms with E-state index in [9.17, 15) is 9.59 Å². The maximum Gasteiger partial charge on any atom is 0.339 e. The van der Waals surface area contributed by atoms with Crippen molar-refractivity contribution in [2.75, 3.05) is 18.7 Å². The van der Waals surface area contributed by atoms with Crippen molar-refractivity contribution >= 4 is 29.3 Å². The van der Waals surface area contributed by atoms with Crippen LogP contribution < -0.4 is 5.32 Å². The second-order valence-electron chi connectivity index (χ2n) is 4.77. The van der Waals surface area contributed by atoms with Crippen molar-refractivity contribution in [2.45, 2.75) is 18.7 Å². The van der Waals surface area contributed by atoms with Gasteiger partial charge in [0.1, 0.15) is 5.69 Å². The lowest BCUT2D eigenvalue weighted by molar-refractivity contribution is 0.0599. The van der Waals surface area contributed by atoms with Crippen LogP contribution in [0.25, 0.3) is 0 Å². The van der Waals surface area contributed by atoms with E-state index >= 15 is 0 Å². The molecular weight excluding hydrogens is 300 g/mol. The first-order valence-corrected chi connectivity index (χ1v) is 7.94. The van der Waals surface area contributed by atoms with Crippen LogP contribution >= 0.6 is 11.8 Å². The molecular formula is C16H18N2O3S. The molecule has 0 saturated carbocycles. The number of aryl methyl sites for hydroxylation is 1. The van der Waals surface area contributed by atoms with E-state index in [1.165, 1.54) is 7.11 Å². The van der Waals surface area contributed by atoms with Gasteiger partial charge in [-0.25, -0.2) is 4.79 Å². The number of benzene rings is 1. The zero-order valence-electron chi connectivity index (χ0n) is 12.9. The number of anilines is 1. The van der Waals surface area contributed by atoms with Gasteiger partial charge >= 0.3 is 5.97 Å². The average Bonchev–Trinajstić information content (AvgIpc) is 2.82. The fourth-order valence-corrected chi connectivity index (χ4v) is 2.87. The van der Waals surface area contributed by atoms with Gasteiger partial charge < -0.3 is 15.0 Å². The molecule has 0 bridgehead atoms. The van der Waals surface area contributed by atoms with Gasteiger partial charge in [-0.2, -0.15) is 0 Å². The number of H-pyrrole nitrogens is 1. The molecule has 0 unspecified atom stereocenters. The van der Waals surface area contributed by atoms with Crippen LogP contribution in [0.5, 0.6) is 0 Å². The molecule has 2 aromatic rings. The summed E-state index contributed by atoms with van der Waals surface area (Å²) < 4.78 is 4.75. The number of thioether (sulfide) groups is 1. The van der Waals surface area contributed by atoms with E-state index in [0.717, 1.165) is 10.6 Å². The molecule has 0 radical (unpaired) electrons. The van der Waals surface area contributed by atoms with Crippen molar-refractivity contribution in [3.8, 4) is 0 Å². The third-order valence-corrected chi connectivity index (χ3v) is 4.21. The molecule has 1 amide bonds. The number of esters is 1. The smallest absolute Gasteiger partial charge is 0.339 e. The molecule has 0 fully saturated rings.